The first kappa shape index (κ1) is 20.1. The Hall–Kier alpha value is -2.22. The smallest absolute Gasteiger partial charge is 0.408 e. The van der Waals surface area contributed by atoms with Crippen LogP contribution in [0.1, 0.15) is 31.1 Å². The molecule has 3 amide bonds. The number of hydrogen-bond donors (Lipinski definition) is 2. The molecule has 0 atom stereocenters. The minimum absolute atomic E-state index is 0.0884. The fraction of sp³-hybridized carbons (Fsp3) is 0.500. The summed E-state index contributed by atoms with van der Waals surface area (Å²) in [6, 6.07) is 7.15. The van der Waals surface area contributed by atoms with Crippen LogP contribution in [0.25, 0.3) is 0 Å². The van der Waals surface area contributed by atoms with Crippen LogP contribution in [0.5, 0.6) is 0 Å². The van der Waals surface area contributed by atoms with E-state index in [9.17, 15) is 14.4 Å². The highest BCUT2D eigenvalue weighted by atomic mass is 32.1. The molecule has 0 spiro atoms. The number of ether oxygens (including phenoxy) is 1. The molecule has 2 rings (SSSR count). The molecule has 0 saturated carbocycles. The van der Waals surface area contributed by atoms with Crippen molar-refractivity contribution in [2.75, 3.05) is 32.7 Å². The molecule has 1 saturated heterocycles. The van der Waals surface area contributed by atoms with Crippen LogP contribution in [0.4, 0.5) is 4.79 Å². The van der Waals surface area contributed by atoms with Gasteiger partial charge in [0, 0.05) is 31.1 Å². The average molecular weight is 379 g/mol. The van der Waals surface area contributed by atoms with E-state index in [0.29, 0.717) is 36.6 Å². The van der Waals surface area contributed by atoms with E-state index in [1.54, 1.807) is 48.8 Å². The maximum atomic E-state index is 12.5. The first-order valence-corrected chi connectivity index (χ1v) is 8.94. The van der Waals surface area contributed by atoms with Crippen LogP contribution >= 0.6 is 12.6 Å². The molecule has 1 aromatic rings. The second-order valence-corrected chi connectivity index (χ2v) is 7.53. The predicted molar refractivity (Wildman–Crippen MR) is 100 cm³/mol. The number of amides is 3. The molecule has 0 bridgehead atoms. The van der Waals surface area contributed by atoms with Crippen molar-refractivity contribution in [3.8, 4) is 0 Å². The van der Waals surface area contributed by atoms with Gasteiger partial charge in [-0.1, -0.05) is 12.1 Å². The number of carbonyl (C=O) groups is 3. The van der Waals surface area contributed by atoms with Gasteiger partial charge in [-0.3, -0.25) is 9.59 Å². The maximum absolute atomic E-state index is 12.5. The van der Waals surface area contributed by atoms with Crippen molar-refractivity contribution in [1.82, 2.24) is 15.1 Å². The largest absolute Gasteiger partial charge is 0.444 e. The Kier molecular flexibility index (Phi) is 6.52. The third-order valence-electron chi connectivity index (χ3n) is 3.84. The molecule has 1 N–H and O–H groups in total. The summed E-state index contributed by atoms with van der Waals surface area (Å²) < 4.78 is 5.10. The fourth-order valence-electron chi connectivity index (χ4n) is 2.56. The Morgan fingerprint density at radius 1 is 1.08 bits per heavy atom. The van der Waals surface area contributed by atoms with Gasteiger partial charge in [-0.05, 0) is 32.9 Å². The lowest BCUT2D eigenvalue weighted by Crippen LogP contribution is -2.52. The molecule has 142 valence electrons. The van der Waals surface area contributed by atoms with E-state index < -0.39 is 11.7 Å². The summed E-state index contributed by atoms with van der Waals surface area (Å²) in [5.74, 6) is -0.285. The summed E-state index contributed by atoms with van der Waals surface area (Å²) in [6.07, 6.45) is -0.620. The number of benzene rings is 1. The lowest BCUT2D eigenvalue weighted by molar-refractivity contribution is -0.131. The van der Waals surface area contributed by atoms with Crippen molar-refractivity contribution in [3.05, 3.63) is 29.8 Å². The number of alkyl carbamates (subject to hydrolysis) is 1. The number of carbonyl (C=O) groups excluding carboxylic acids is 3. The van der Waals surface area contributed by atoms with E-state index in [0.717, 1.165) is 0 Å². The molecule has 1 heterocycles. The van der Waals surface area contributed by atoms with E-state index in [2.05, 4.69) is 17.9 Å². The molecule has 1 aromatic carbocycles. The highest BCUT2D eigenvalue weighted by Crippen LogP contribution is 2.16. The van der Waals surface area contributed by atoms with Crippen LogP contribution in [-0.2, 0) is 9.53 Å². The van der Waals surface area contributed by atoms with Gasteiger partial charge in [0.05, 0.1) is 5.56 Å². The Balaban J connectivity index is 1.81. The first-order valence-electron chi connectivity index (χ1n) is 8.49. The summed E-state index contributed by atoms with van der Waals surface area (Å²) in [6.45, 7) is 6.89. The SMILES string of the molecule is CC(C)(C)OC(=O)NCC(=O)N1CCN(C(=O)c2ccccc2S)CC1. The number of piperazine rings is 1. The molecule has 0 aromatic heterocycles. The van der Waals surface area contributed by atoms with Crippen molar-refractivity contribution < 1.29 is 19.1 Å². The van der Waals surface area contributed by atoms with Gasteiger partial charge in [-0.25, -0.2) is 4.79 Å². The van der Waals surface area contributed by atoms with Crippen LogP contribution in [0, 0.1) is 0 Å². The van der Waals surface area contributed by atoms with Gasteiger partial charge in [-0.15, -0.1) is 12.6 Å². The van der Waals surface area contributed by atoms with Crippen molar-refractivity contribution in [3.63, 3.8) is 0 Å². The van der Waals surface area contributed by atoms with Gasteiger partial charge in [0.2, 0.25) is 5.91 Å². The molecule has 0 aliphatic carbocycles. The normalized spacial score (nSPS) is 14.8. The highest BCUT2D eigenvalue weighted by Gasteiger charge is 2.26. The molecule has 1 fully saturated rings. The van der Waals surface area contributed by atoms with E-state index in [1.165, 1.54) is 0 Å². The second-order valence-electron chi connectivity index (χ2n) is 7.05. The van der Waals surface area contributed by atoms with Gasteiger partial charge >= 0.3 is 6.09 Å². The van der Waals surface area contributed by atoms with E-state index in [-0.39, 0.29) is 18.4 Å². The molecular weight excluding hydrogens is 354 g/mol. The molecule has 8 heteroatoms. The Morgan fingerprint density at radius 3 is 2.23 bits per heavy atom. The lowest BCUT2D eigenvalue weighted by atomic mass is 10.2. The Labute approximate surface area is 159 Å². The summed E-state index contributed by atoms with van der Waals surface area (Å²) in [5.41, 5.74) is -0.0511. The van der Waals surface area contributed by atoms with Crippen LogP contribution in [0.2, 0.25) is 0 Å². The number of thiol groups is 1. The number of nitrogens with one attached hydrogen (secondary N) is 1. The molecule has 7 nitrogen and oxygen atoms in total. The standard InChI is InChI=1S/C18H25N3O4S/c1-18(2,3)25-17(24)19-12-15(22)20-8-10-21(11-9-20)16(23)13-6-4-5-7-14(13)26/h4-7,26H,8-12H2,1-3H3,(H,19,24). The first-order chi connectivity index (χ1) is 12.2. The third-order valence-corrected chi connectivity index (χ3v) is 4.23. The van der Waals surface area contributed by atoms with E-state index >= 15 is 0 Å². The third kappa shape index (κ3) is 5.66. The quantitative estimate of drug-likeness (QED) is 0.785. The minimum Gasteiger partial charge on any atom is -0.444 e. The number of rotatable bonds is 3. The van der Waals surface area contributed by atoms with Crippen molar-refractivity contribution in [1.29, 1.82) is 0 Å². The summed E-state index contributed by atoms with van der Waals surface area (Å²) in [4.78, 5) is 40.3. The fourth-order valence-corrected chi connectivity index (χ4v) is 2.81. The van der Waals surface area contributed by atoms with Crippen LogP contribution in [0.3, 0.4) is 0 Å². The van der Waals surface area contributed by atoms with Gasteiger partial charge in [0.1, 0.15) is 12.1 Å². The minimum atomic E-state index is -0.620. The van der Waals surface area contributed by atoms with Gasteiger partial charge in [0.15, 0.2) is 0 Å². The predicted octanol–water partition coefficient (Wildman–Crippen LogP) is 1.78. The summed E-state index contributed by atoms with van der Waals surface area (Å²) >= 11 is 4.32. The molecule has 26 heavy (non-hydrogen) atoms. The number of nitrogens with zero attached hydrogens (tertiary/aromatic N) is 2. The molecule has 0 unspecified atom stereocenters. The topological polar surface area (TPSA) is 79.0 Å². The van der Waals surface area contributed by atoms with Crippen molar-refractivity contribution in [2.45, 2.75) is 31.3 Å². The second kappa shape index (κ2) is 8.44. The van der Waals surface area contributed by atoms with Gasteiger partial charge in [-0.2, -0.15) is 0 Å². The van der Waals surface area contributed by atoms with Crippen LogP contribution in [-0.4, -0.2) is 66.0 Å². The zero-order chi connectivity index (χ0) is 19.3. The van der Waals surface area contributed by atoms with Crippen LogP contribution < -0.4 is 5.32 Å². The molecule has 1 aliphatic rings. The summed E-state index contributed by atoms with van der Waals surface area (Å²) in [5, 5.41) is 2.46. The molecular formula is C18H25N3O4S. The monoisotopic (exact) mass is 379 g/mol. The highest BCUT2D eigenvalue weighted by molar-refractivity contribution is 7.80. The van der Waals surface area contributed by atoms with Gasteiger partial charge in [0.25, 0.3) is 5.91 Å². The van der Waals surface area contributed by atoms with Gasteiger partial charge < -0.3 is 19.9 Å². The zero-order valence-corrected chi connectivity index (χ0v) is 16.2. The van der Waals surface area contributed by atoms with E-state index in [4.69, 9.17) is 4.74 Å². The summed E-state index contributed by atoms with van der Waals surface area (Å²) in [7, 11) is 0. The maximum Gasteiger partial charge on any atom is 0.408 e. The Bertz CT molecular complexity index is 679. The van der Waals surface area contributed by atoms with Crippen molar-refractivity contribution in [2.24, 2.45) is 0 Å². The number of hydrogen-bond acceptors (Lipinski definition) is 5. The molecule has 1 aliphatic heterocycles. The molecule has 0 radical (unpaired) electrons. The van der Waals surface area contributed by atoms with Crippen LogP contribution in [0.15, 0.2) is 29.2 Å². The lowest BCUT2D eigenvalue weighted by Gasteiger charge is -2.35. The Morgan fingerprint density at radius 2 is 1.65 bits per heavy atom. The van der Waals surface area contributed by atoms with Crippen molar-refractivity contribution >= 4 is 30.5 Å². The van der Waals surface area contributed by atoms with E-state index in [1.807, 2.05) is 6.07 Å². The average Bonchev–Trinajstić information content (AvgIpc) is 2.58. The zero-order valence-electron chi connectivity index (χ0n) is 15.3.